The predicted molar refractivity (Wildman–Crippen MR) is 82.0 cm³/mol. The van der Waals surface area contributed by atoms with E-state index in [0.29, 0.717) is 12.1 Å². The first kappa shape index (κ1) is 15.1. The van der Waals surface area contributed by atoms with Gasteiger partial charge in [-0.2, -0.15) is 0 Å². The van der Waals surface area contributed by atoms with Crippen molar-refractivity contribution in [2.24, 2.45) is 0 Å². The molecule has 0 spiro atoms. The van der Waals surface area contributed by atoms with Gasteiger partial charge in [0.2, 0.25) is 0 Å². The van der Waals surface area contributed by atoms with Gasteiger partial charge in [-0.25, -0.2) is 0 Å². The topological polar surface area (TPSA) is 37.3 Å². The van der Waals surface area contributed by atoms with Crippen molar-refractivity contribution >= 4 is 5.91 Å². The summed E-state index contributed by atoms with van der Waals surface area (Å²) in [6, 6.07) is 4.63. The molecule has 1 aromatic heterocycles. The van der Waals surface area contributed by atoms with Crippen molar-refractivity contribution in [1.29, 1.82) is 0 Å². The van der Waals surface area contributed by atoms with Gasteiger partial charge in [0.25, 0.3) is 5.91 Å². The third kappa shape index (κ3) is 3.23. The summed E-state index contributed by atoms with van der Waals surface area (Å²) in [4.78, 5) is 15.0. The van der Waals surface area contributed by atoms with Crippen molar-refractivity contribution in [2.75, 3.05) is 19.6 Å². The first-order valence-electron chi connectivity index (χ1n) is 7.83. The molecule has 2 heterocycles. The van der Waals surface area contributed by atoms with Crippen LogP contribution in [0, 0.1) is 0 Å². The standard InChI is InChI=1S/C16H27N3O/c1-4-11-19(14-7-9-17-10-8-14)16(20)15-6-5-12-18(15)13(2)3/h5-6,12-14,17H,4,7-11H2,1-3H3. The maximum absolute atomic E-state index is 12.9. The Labute approximate surface area is 122 Å². The zero-order chi connectivity index (χ0) is 14.5. The maximum atomic E-state index is 12.9. The zero-order valence-electron chi connectivity index (χ0n) is 12.9. The molecule has 0 saturated carbocycles. The number of nitrogens with one attached hydrogen (secondary N) is 1. The minimum absolute atomic E-state index is 0.192. The lowest BCUT2D eigenvalue weighted by Crippen LogP contribution is -2.47. The van der Waals surface area contributed by atoms with Gasteiger partial charge in [-0.05, 0) is 58.3 Å². The van der Waals surface area contributed by atoms with E-state index in [2.05, 4.69) is 35.6 Å². The number of aromatic nitrogens is 1. The van der Waals surface area contributed by atoms with Crippen LogP contribution < -0.4 is 5.32 Å². The third-order valence-electron chi connectivity index (χ3n) is 4.03. The average Bonchev–Trinajstić information content (AvgIpc) is 2.94. The number of amides is 1. The molecule has 0 aliphatic carbocycles. The molecule has 1 aliphatic rings. The number of carbonyl (C=O) groups is 1. The lowest BCUT2D eigenvalue weighted by molar-refractivity contribution is 0.0630. The Morgan fingerprint density at radius 1 is 1.45 bits per heavy atom. The third-order valence-corrected chi connectivity index (χ3v) is 4.03. The van der Waals surface area contributed by atoms with Gasteiger partial charge < -0.3 is 14.8 Å². The first-order valence-corrected chi connectivity index (χ1v) is 7.83. The van der Waals surface area contributed by atoms with E-state index in [1.165, 1.54) is 0 Å². The summed E-state index contributed by atoms with van der Waals surface area (Å²) in [6.45, 7) is 9.26. The van der Waals surface area contributed by atoms with Crippen LogP contribution in [0.5, 0.6) is 0 Å². The van der Waals surface area contributed by atoms with Crippen LogP contribution in [0.3, 0.4) is 0 Å². The number of hydrogen-bond acceptors (Lipinski definition) is 2. The van der Waals surface area contributed by atoms with Crippen LogP contribution in [0.15, 0.2) is 18.3 Å². The van der Waals surface area contributed by atoms with Crippen molar-refractivity contribution in [3.8, 4) is 0 Å². The Kier molecular flexibility index (Phi) is 5.24. The molecule has 1 N–H and O–H groups in total. The number of nitrogens with zero attached hydrogens (tertiary/aromatic N) is 2. The smallest absolute Gasteiger partial charge is 0.270 e. The van der Waals surface area contributed by atoms with Crippen molar-refractivity contribution in [3.63, 3.8) is 0 Å². The summed E-state index contributed by atoms with van der Waals surface area (Å²) in [6.07, 6.45) is 5.14. The summed E-state index contributed by atoms with van der Waals surface area (Å²) < 4.78 is 2.08. The summed E-state index contributed by atoms with van der Waals surface area (Å²) in [7, 11) is 0. The minimum Gasteiger partial charge on any atom is -0.341 e. The molecule has 0 aromatic carbocycles. The molecule has 0 atom stereocenters. The summed E-state index contributed by atoms with van der Waals surface area (Å²) >= 11 is 0. The predicted octanol–water partition coefficient (Wildman–Crippen LogP) is 2.67. The van der Waals surface area contributed by atoms with Crippen LogP contribution in [0.4, 0.5) is 0 Å². The largest absolute Gasteiger partial charge is 0.341 e. The quantitative estimate of drug-likeness (QED) is 0.898. The van der Waals surface area contributed by atoms with Gasteiger partial charge in [0.1, 0.15) is 5.69 Å². The minimum atomic E-state index is 0.192. The van der Waals surface area contributed by atoms with Crippen LogP contribution in [0.25, 0.3) is 0 Å². The van der Waals surface area contributed by atoms with Crippen molar-refractivity contribution < 1.29 is 4.79 Å². The fourth-order valence-corrected chi connectivity index (χ4v) is 2.98. The maximum Gasteiger partial charge on any atom is 0.270 e. The van der Waals surface area contributed by atoms with Gasteiger partial charge in [0.05, 0.1) is 0 Å². The van der Waals surface area contributed by atoms with Gasteiger partial charge >= 0.3 is 0 Å². The number of rotatable bonds is 5. The highest BCUT2D eigenvalue weighted by Gasteiger charge is 2.27. The molecule has 0 bridgehead atoms. The van der Waals surface area contributed by atoms with Gasteiger partial charge in [0, 0.05) is 24.8 Å². The van der Waals surface area contributed by atoms with Crippen LogP contribution in [-0.2, 0) is 0 Å². The summed E-state index contributed by atoms with van der Waals surface area (Å²) in [5, 5.41) is 3.37. The van der Waals surface area contributed by atoms with Gasteiger partial charge in [-0.15, -0.1) is 0 Å². The lowest BCUT2D eigenvalue weighted by atomic mass is 10.0. The first-order chi connectivity index (χ1) is 9.65. The number of carbonyl (C=O) groups excluding carboxylic acids is 1. The fraction of sp³-hybridized carbons (Fsp3) is 0.688. The van der Waals surface area contributed by atoms with Crippen LogP contribution in [0.1, 0.15) is 56.6 Å². The van der Waals surface area contributed by atoms with E-state index in [0.717, 1.165) is 44.6 Å². The summed E-state index contributed by atoms with van der Waals surface area (Å²) in [5.41, 5.74) is 0.826. The molecule has 112 valence electrons. The van der Waals surface area contributed by atoms with Gasteiger partial charge in [-0.3, -0.25) is 4.79 Å². The second kappa shape index (κ2) is 6.93. The molecule has 1 aliphatic heterocycles. The second-order valence-corrected chi connectivity index (χ2v) is 5.87. The van der Waals surface area contributed by atoms with Gasteiger partial charge in [-0.1, -0.05) is 6.92 Å². The van der Waals surface area contributed by atoms with Crippen LogP contribution >= 0.6 is 0 Å². The Bertz CT molecular complexity index is 433. The molecule has 0 unspecified atom stereocenters. The van der Waals surface area contributed by atoms with E-state index in [-0.39, 0.29) is 5.91 Å². The molecule has 1 amide bonds. The number of hydrogen-bond donors (Lipinski definition) is 1. The van der Waals surface area contributed by atoms with Gasteiger partial charge in [0.15, 0.2) is 0 Å². The SMILES string of the molecule is CCCN(C(=O)c1cccn1C(C)C)C1CCNCC1. The van der Waals surface area contributed by atoms with E-state index >= 15 is 0 Å². The molecule has 1 aromatic rings. The molecule has 2 rings (SSSR count). The van der Waals surface area contributed by atoms with Crippen molar-refractivity contribution in [2.45, 2.75) is 52.1 Å². The van der Waals surface area contributed by atoms with Crippen molar-refractivity contribution in [1.82, 2.24) is 14.8 Å². The Balaban J connectivity index is 2.19. The molecule has 0 radical (unpaired) electrons. The Morgan fingerprint density at radius 2 is 2.15 bits per heavy atom. The van der Waals surface area contributed by atoms with Crippen LogP contribution in [-0.4, -0.2) is 41.1 Å². The molecule has 4 nitrogen and oxygen atoms in total. The normalized spacial score (nSPS) is 16.6. The highest BCUT2D eigenvalue weighted by atomic mass is 16.2. The zero-order valence-corrected chi connectivity index (χ0v) is 12.9. The Morgan fingerprint density at radius 3 is 2.75 bits per heavy atom. The van der Waals surface area contributed by atoms with E-state index in [4.69, 9.17) is 0 Å². The van der Waals surface area contributed by atoms with E-state index < -0.39 is 0 Å². The van der Waals surface area contributed by atoms with E-state index in [9.17, 15) is 4.79 Å². The second-order valence-electron chi connectivity index (χ2n) is 5.87. The summed E-state index contributed by atoms with van der Waals surface area (Å²) in [5.74, 6) is 0.192. The fourth-order valence-electron chi connectivity index (χ4n) is 2.98. The lowest BCUT2D eigenvalue weighted by Gasteiger charge is -2.35. The molecular formula is C16H27N3O. The average molecular weight is 277 g/mol. The monoisotopic (exact) mass is 277 g/mol. The molecule has 1 fully saturated rings. The molecule has 4 heteroatoms. The number of piperidine rings is 1. The highest BCUT2D eigenvalue weighted by molar-refractivity contribution is 5.93. The highest BCUT2D eigenvalue weighted by Crippen LogP contribution is 2.19. The Hall–Kier alpha value is -1.29. The van der Waals surface area contributed by atoms with E-state index in [1.807, 2.05) is 18.3 Å². The molecular weight excluding hydrogens is 250 g/mol. The van der Waals surface area contributed by atoms with Crippen molar-refractivity contribution in [3.05, 3.63) is 24.0 Å². The van der Waals surface area contributed by atoms with Crippen LogP contribution in [0.2, 0.25) is 0 Å². The molecule has 20 heavy (non-hydrogen) atoms. The molecule has 1 saturated heterocycles. The van der Waals surface area contributed by atoms with E-state index in [1.54, 1.807) is 0 Å².